The molecule has 0 saturated heterocycles. The Bertz CT molecular complexity index is 357. The molecule has 0 fully saturated rings. The number of hydrogen-bond donors (Lipinski definition) is 2. The first kappa shape index (κ1) is 14.7. The molecule has 0 aliphatic carbocycles. The van der Waals surface area contributed by atoms with Gasteiger partial charge in [-0.1, -0.05) is 38.1 Å². The van der Waals surface area contributed by atoms with Crippen LogP contribution in [0.15, 0.2) is 24.3 Å². The van der Waals surface area contributed by atoms with E-state index < -0.39 is 5.97 Å². The topological polar surface area (TPSA) is 49.3 Å². The summed E-state index contributed by atoms with van der Waals surface area (Å²) in [5, 5.41) is 11.8. The number of hydrogen-bond acceptors (Lipinski definition) is 2. The van der Waals surface area contributed by atoms with E-state index in [2.05, 4.69) is 43.4 Å². The zero-order valence-corrected chi connectivity index (χ0v) is 11.3. The van der Waals surface area contributed by atoms with Gasteiger partial charge in [-0.05, 0) is 36.4 Å². The predicted molar refractivity (Wildman–Crippen MR) is 73.7 cm³/mol. The Balaban J connectivity index is 2.17. The molecule has 100 valence electrons. The number of aliphatic carboxylic acids is 1. The molecule has 0 unspecified atom stereocenters. The average molecular weight is 249 g/mol. The van der Waals surface area contributed by atoms with Crippen LogP contribution in [0.25, 0.3) is 0 Å². The minimum Gasteiger partial charge on any atom is -0.481 e. The lowest BCUT2D eigenvalue weighted by Crippen LogP contribution is -2.15. The summed E-state index contributed by atoms with van der Waals surface area (Å²) >= 11 is 0. The number of unbranched alkanes of at least 4 members (excludes halogenated alkanes) is 1. The fraction of sp³-hybridized carbons (Fsp3) is 0.533. The van der Waals surface area contributed by atoms with Gasteiger partial charge in [-0.25, -0.2) is 0 Å². The van der Waals surface area contributed by atoms with Crippen molar-refractivity contribution in [3.8, 4) is 0 Å². The van der Waals surface area contributed by atoms with Crippen LogP contribution in [0.3, 0.4) is 0 Å². The SMILES string of the molecule is CC(C)c1ccc(CNCCCCC(=O)O)cc1. The van der Waals surface area contributed by atoms with Gasteiger partial charge < -0.3 is 10.4 Å². The Morgan fingerprint density at radius 1 is 1.22 bits per heavy atom. The highest BCUT2D eigenvalue weighted by atomic mass is 16.4. The lowest BCUT2D eigenvalue weighted by molar-refractivity contribution is -0.137. The molecule has 0 heterocycles. The summed E-state index contributed by atoms with van der Waals surface area (Å²) in [5.74, 6) is -0.137. The molecule has 0 amide bonds. The Labute approximate surface area is 109 Å². The van der Waals surface area contributed by atoms with E-state index >= 15 is 0 Å². The Morgan fingerprint density at radius 2 is 1.89 bits per heavy atom. The summed E-state index contributed by atoms with van der Waals surface area (Å²) in [6.45, 7) is 6.11. The molecule has 0 spiro atoms. The smallest absolute Gasteiger partial charge is 0.303 e. The van der Waals surface area contributed by atoms with Crippen molar-refractivity contribution in [2.75, 3.05) is 6.54 Å². The van der Waals surface area contributed by atoms with E-state index in [-0.39, 0.29) is 6.42 Å². The van der Waals surface area contributed by atoms with E-state index in [4.69, 9.17) is 5.11 Å². The van der Waals surface area contributed by atoms with Gasteiger partial charge in [0.1, 0.15) is 0 Å². The lowest BCUT2D eigenvalue weighted by Gasteiger charge is -2.08. The second kappa shape index (κ2) is 7.88. The molecule has 0 aliphatic rings. The van der Waals surface area contributed by atoms with Crippen LogP contribution in [-0.2, 0) is 11.3 Å². The maximum atomic E-state index is 10.3. The van der Waals surface area contributed by atoms with E-state index in [0.717, 1.165) is 25.9 Å². The molecule has 3 heteroatoms. The molecule has 0 radical (unpaired) electrons. The van der Waals surface area contributed by atoms with Gasteiger partial charge in [-0.3, -0.25) is 4.79 Å². The van der Waals surface area contributed by atoms with Gasteiger partial charge >= 0.3 is 5.97 Å². The summed E-state index contributed by atoms with van der Waals surface area (Å²) in [4.78, 5) is 10.3. The van der Waals surface area contributed by atoms with Crippen molar-refractivity contribution in [3.63, 3.8) is 0 Å². The average Bonchev–Trinajstić information content (AvgIpc) is 2.34. The number of nitrogens with one attached hydrogen (secondary N) is 1. The van der Waals surface area contributed by atoms with Gasteiger partial charge in [-0.2, -0.15) is 0 Å². The largest absolute Gasteiger partial charge is 0.481 e. The Hall–Kier alpha value is -1.35. The number of carboxylic acids is 1. The minimum atomic E-state index is -0.709. The van der Waals surface area contributed by atoms with Crippen LogP contribution in [0.4, 0.5) is 0 Å². The summed E-state index contributed by atoms with van der Waals surface area (Å²) in [6, 6.07) is 8.65. The molecule has 3 nitrogen and oxygen atoms in total. The van der Waals surface area contributed by atoms with Gasteiger partial charge in [0.05, 0.1) is 0 Å². The highest BCUT2D eigenvalue weighted by Crippen LogP contribution is 2.14. The molecule has 18 heavy (non-hydrogen) atoms. The summed E-state index contributed by atoms with van der Waals surface area (Å²) in [7, 11) is 0. The molecule has 2 N–H and O–H groups in total. The number of carbonyl (C=O) groups is 1. The van der Waals surface area contributed by atoms with Gasteiger partial charge in [0.15, 0.2) is 0 Å². The van der Waals surface area contributed by atoms with E-state index in [1.165, 1.54) is 11.1 Å². The molecule has 1 aromatic carbocycles. The second-order valence-corrected chi connectivity index (χ2v) is 4.92. The van der Waals surface area contributed by atoms with Crippen LogP contribution in [-0.4, -0.2) is 17.6 Å². The Kier molecular flexibility index (Phi) is 6.44. The van der Waals surface area contributed by atoms with E-state index in [1.807, 2.05) is 0 Å². The molecular formula is C15H23NO2. The van der Waals surface area contributed by atoms with Gasteiger partial charge in [0.25, 0.3) is 0 Å². The van der Waals surface area contributed by atoms with E-state index in [0.29, 0.717) is 5.92 Å². The molecule has 1 rings (SSSR count). The fourth-order valence-electron chi connectivity index (χ4n) is 1.78. The molecule has 1 aromatic rings. The summed E-state index contributed by atoms with van der Waals surface area (Å²) < 4.78 is 0. The highest BCUT2D eigenvalue weighted by Gasteiger charge is 1.99. The van der Waals surface area contributed by atoms with Crippen LogP contribution in [0.5, 0.6) is 0 Å². The highest BCUT2D eigenvalue weighted by molar-refractivity contribution is 5.66. The number of rotatable bonds is 8. The third kappa shape index (κ3) is 5.82. The molecule has 0 aromatic heterocycles. The monoisotopic (exact) mass is 249 g/mol. The first-order valence-corrected chi connectivity index (χ1v) is 6.61. The van der Waals surface area contributed by atoms with Gasteiger partial charge in [0, 0.05) is 13.0 Å². The zero-order chi connectivity index (χ0) is 13.4. The second-order valence-electron chi connectivity index (χ2n) is 4.92. The molecule has 0 aliphatic heterocycles. The standard InChI is InChI=1S/C15H23NO2/c1-12(2)14-8-6-13(7-9-14)11-16-10-4-3-5-15(17)18/h6-9,12,16H,3-5,10-11H2,1-2H3,(H,17,18). The first-order valence-electron chi connectivity index (χ1n) is 6.61. The maximum Gasteiger partial charge on any atom is 0.303 e. The van der Waals surface area contributed by atoms with E-state index in [1.54, 1.807) is 0 Å². The van der Waals surface area contributed by atoms with Crippen molar-refractivity contribution >= 4 is 5.97 Å². The van der Waals surface area contributed by atoms with Gasteiger partial charge in [-0.15, -0.1) is 0 Å². The van der Waals surface area contributed by atoms with Gasteiger partial charge in [0.2, 0.25) is 0 Å². The summed E-state index contributed by atoms with van der Waals surface area (Å²) in [5.41, 5.74) is 2.64. The molecular weight excluding hydrogens is 226 g/mol. The predicted octanol–water partition coefficient (Wildman–Crippen LogP) is 3.15. The summed E-state index contributed by atoms with van der Waals surface area (Å²) in [6.07, 6.45) is 1.93. The van der Waals surface area contributed by atoms with Crippen molar-refractivity contribution in [2.24, 2.45) is 0 Å². The molecule has 0 bridgehead atoms. The lowest BCUT2D eigenvalue weighted by atomic mass is 10.0. The Morgan fingerprint density at radius 3 is 2.44 bits per heavy atom. The normalized spacial score (nSPS) is 10.8. The minimum absolute atomic E-state index is 0.269. The van der Waals surface area contributed by atoms with Crippen molar-refractivity contribution < 1.29 is 9.90 Å². The molecule has 0 atom stereocenters. The van der Waals surface area contributed by atoms with E-state index in [9.17, 15) is 4.79 Å². The third-order valence-electron chi connectivity index (χ3n) is 2.97. The third-order valence-corrected chi connectivity index (χ3v) is 2.97. The number of benzene rings is 1. The van der Waals surface area contributed by atoms with Crippen molar-refractivity contribution in [1.29, 1.82) is 0 Å². The van der Waals surface area contributed by atoms with Crippen LogP contribution in [0.1, 0.15) is 50.2 Å². The molecule has 0 saturated carbocycles. The van der Waals surface area contributed by atoms with Crippen molar-refractivity contribution in [2.45, 2.75) is 45.6 Å². The zero-order valence-electron chi connectivity index (χ0n) is 11.3. The van der Waals surface area contributed by atoms with Crippen molar-refractivity contribution in [3.05, 3.63) is 35.4 Å². The van der Waals surface area contributed by atoms with Crippen LogP contribution >= 0.6 is 0 Å². The quantitative estimate of drug-likeness (QED) is 0.696. The fourth-order valence-corrected chi connectivity index (χ4v) is 1.78. The first-order chi connectivity index (χ1) is 8.59. The number of carboxylic acid groups (broad SMARTS) is 1. The maximum absolute atomic E-state index is 10.3. The van der Waals surface area contributed by atoms with Crippen molar-refractivity contribution in [1.82, 2.24) is 5.32 Å². The van der Waals surface area contributed by atoms with Crippen LogP contribution in [0.2, 0.25) is 0 Å². The van der Waals surface area contributed by atoms with Crippen LogP contribution < -0.4 is 5.32 Å². The van der Waals surface area contributed by atoms with Crippen LogP contribution in [0, 0.1) is 0 Å².